The van der Waals surface area contributed by atoms with Crippen LogP contribution in [0.1, 0.15) is 30.4 Å². The van der Waals surface area contributed by atoms with Crippen LogP contribution in [0.25, 0.3) is 32.9 Å². The van der Waals surface area contributed by atoms with Crippen molar-refractivity contribution >= 4 is 33.4 Å². The Hall–Kier alpha value is -3.94. The Kier molecular flexibility index (Phi) is 3.90. The smallest absolute Gasteiger partial charge is 0.277 e. The van der Waals surface area contributed by atoms with E-state index in [0.29, 0.717) is 5.69 Å². The highest BCUT2D eigenvalue weighted by molar-refractivity contribution is 6.09. The molecule has 3 heterocycles. The molecule has 1 amide bonds. The zero-order valence-corrected chi connectivity index (χ0v) is 16.0. The molecule has 5 aromatic rings. The van der Waals surface area contributed by atoms with Crippen molar-refractivity contribution in [1.29, 1.82) is 0 Å². The lowest BCUT2D eigenvalue weighted by Gasteiger charge is -2.10. The second-order valence-electron chi connectivity index (χ2n) is 7.20. The molecule has 0 atom stereocenters. The molecule has 8 nitrogen and oxygen atoms in total. The van der Waals surface area contributed by atoms with Crippen LogP contribution in [0.5, 0.6) is 0 Å². The minimum atomic E-state index is -0.309. The first-order valence-corrected chi connectivity index (χ1v) is 9.37. The molecule has 0 fully saturated rings. The van der Waals surface area contributed by atoms with Crippen molar-refractivity contribution in [3.63, 3.8) is 0 Å². The molecule has 2 aromatic carbocycles. The fraction of sp³-hybridized carbons (Fsp3) is 0.143. The summed E-state index contributed by atoms with van der Waals surface area (Å²) in [5.74, 6) is -0.309. The molecule has 3 aromatic heterocycles. The summed E-state index contributed by atoms with van der Waals surface area (Å²) in [6, 6.07) is 12.2. The van der Waals surface area contributed by atoms with Gasteiger partial charge in [0.2, 0.25) is 0 Å². The Bertz CT molecular complexity index is 1340. The average Bonchev–Trinajstić information content (AvgIpc) is 3.46. The number of nitrogens with zero attached hydrogens (tertiary/aromatic N) is 4. The minimum absolute atomic E-state index is 0.0855. The van der Waals surface area contributed by atoms with Crippen LogP contribution in [0.15, 0.2) is 55.0 Å². The van der Waals surface area contributed by atoms with E-state index in [1.807, 2.05) is 50.4 Å². The third kappa shape index (κ3) is 2.94. The highest BCUT2D eigenvalue weighted by Gasteiger charge is 2.16. The van der Waals surface area contributed by atoms with E-state index < -0.39 is 0 Å². The van der Waals surface area contributed by atoms with E-state index >= 15 is 0 Å². The first-order chi connectivity index (χ1) is 14.1. The second-order valence-corrected chi connectivity index (χ2v) is 7.20. The monoisotopic (exact) mass is 385 g/mol. The molecule has 0 saturated heterocycles. The molecular weight excluding hydrogens is 366 g/mol. The maximum absolute atomic E-state index is 12.8. The fourth-order valence-electron chi connectivity index (χ4n) is 3.46. The zero-order valence-electron chi connectivity index (χ0n) is 16.0. The van der Waals surface area contributed by atoms with E-state index in [1.165, 1.54) is 11.0 Å². The first-order valence-electron chi connectivity index (χ1n) is 9.37. The number of benzene rings is 2. The fourth-order valence-corrected chi connectivity index (χ4v) is 3.46. The lowest BCUT2D eigenvalue weighted by Crippen LogP contribution is -2.14. The minimum Gasteiger partial charge on any atom is -0.361 e. The van der Waals surface area contributed by atoms with E-state index in [0.717, 1.165) is 32.9 Å². The van der Waals surface area contributed by atoms with Gasteiger partial charge in [-0.15, -0.1) is 5.10 Å². The van der Waals surface area contributed by atoms with Gasteiger partial charge in [0.15, 0.2) is 5.69 Å². The Morgan fingerprint density at radius 1 is 1.10 bits per heavy atom. The van der Waals surface area contributed by atoms with Gasteiger partial charge < -0.3 is 10.3 Å². The van der Waals surface area contributed by atoms with Crippen LogP contribution >= 0.6 is 0 Å². The van der Waals surface area contributed by atoms with Crippen LogP contribution in [0, 0.1) is 0 Å². The van der Waals surface area contributed by atoms with Crippen molar-refractivity contribution in [2.75, 3.05) is 5.32 Å². The highest BCUT2D eigenvalue weighted by Crippen LogP contribution is 2.34. The van der Waals surface area contributed by atoms with Gasteiger partial charge in [0.05, 0.1) is 29.6 Å². The van der Waals surface area contributed by atoms with Crippen LogP contribution in [-0.4, -0.2) is 36.1 Å². The van der Waals surface area contributed by atoms with Crippen molar-refractivity contribution < 1.29 is 4.79 Å². The molecule has 29 heavy (non-hydrogen) atoms. The molecule has 144 valence electrons. The van der Waals surface area contributed by atoms with E-state index in [9.17, 15) is 4.79 Å². The zero-order chi connectivity index (χ0) is 20.0. The lowest BCUT2D eigenvalue weighted by atomic mass is 9.99. The molecular formula is C21H19N7O. The van der Waals surface area contributed by atoms with Gasteiger partial charge in [-0.2, -0.15) is 15.0 Å². The van der Waals surface area contributed by atoms with E-state index in [2.05, 4.69) is 36.8 Å². The summed E-state index contributed by atoms with van der Waals surface area (Å²) in [5, 5.41) is 20.5. The predicted octanol–water partition coefficient (Wildman–Crippen LogP) is 4.14. The number of fused-ring (bicyclic) bond motifs is 2. The van der Waals surface area contributed by atoms with Crippen molar-refractivity contribution in [1.82, 2.24) is 30.2 Å². The Morgan fingerprint density at radius 2 is 2.00 bits per heavy atom. The van der Waals surface area contributed by atoms with Gasteiger partial charge >= 0.3 is 0 Å². The van der Waals surface area contributed by atoms with Crippen molar-refractivity contribution in [2.24, 2.45) is 0 Å². The summed E-state index contributed by atoms with van der Waals surface area (Å²) in [5.41, 5.74) is 4.89. The number of carbonyl (C=O) groups is 1. The summed E-state index contributed by atoms with van der Waals surface area (Å²) in [6.07, 6.45) is 5.10. The molecule has 8 heteroatoms. The van der Waals surface area contributed by atoms with Crippen molar-refractivity contribution in [3.05, 3.63) is 60.7 Å². The van der Waals surface area contributed by atoms with Gasteiger partial charge in [0.1, 0.15) is 0 Å². The number of amides is 1. The average molecular weight is 385 g/mol. The number of aromatic amines is 2. The van der Waals surface area contributed by atoms with Crippen LogP contribution in [-0.2, 0) is 0 Å². The molecule has 0 bridgehead atoms. The number of rotatable bonds is 4. The van der Waals surface area contributed by atoms with Crippen LogP contribution in [0.2, 0.25) is 0 Å². The Morgan fingerprint density at radius 3 is 2.83 bits per heavy atom. The van der Waals surface area contributed by atoms with Gasteiger partial charge in [-0.1, -0.05) is 12.1 Å². The molecule has 0 aliphatic rings. The summed E-state index contributed by atoms with van der Waals surface area (Å²) in [7, 11) is 0. The molecule has 0 aliphatic carbocycles. The van der Waals surface area contributed by atoms with E-state index in [-0.39, 0.29) is 17.6 Å². The van der Waals surface area contributed by atoms with Crippen LogP contribution in [0.3, 0.4) is 0 Å². The summed E-state index contributed by atoms with van der Waals surface area (Å²) >= 11 is 0. The third-order valence-corrected chi connectivity index (χ3v) is 4.92. The van der Waals surface area contributed by atoms with Crippen molar-refractivity contribution in [2.45, 2.75) is 19.9 Å². The van der Waals surface area contributed by atoms with Gasteiger partial charge in [-0.05, 0) is 49.2 Å². The molecule has 0 saturated carbocycles. The van der Waals surface area contributed by atoms with Gasteiger partial charge in [0, 0.05) is 22.5 Å². The van der Waals surface area contributed by atoms with Gasteiger partial charge in [-0.3, -0.25) is 9.89 Å². The normalized spacial score (nSPS) is 11.6. The van der Waals surface area contributed by atoms with Gasteiger partial charge in [-0.25, -0.2) is 0 Å². The SMILES string of the molecule is CC(C)n1ncc(C(=O)Nc2cc(-c3cccc4[nH]ccc34)cc3[nH]ncc23)n1. The molecule has 0 radical (unpaired) electrons. The number of anilines is 1. The molecule has 0 spiro atoms. The summed E-state index contributed by atoms with van der Waals surface area (Å²) < 4.78 is 0. The molecule has 5 rings (SSSR count). The van der Waals surface area contributed by atoms with Crippen LogP contribution in [0.4, 0.5) is 5.69 Å². The number of aromatic nitrogens is 6. The number of hydrogen-bond acceptors (Lipinski definition) is 4. The number of nitrogens with one attached hydrogen (secondary N) is 3. The summed E-state index contributed by atoms with van der Waals surface area (Å²) in [6.45, 7) is 3.92. The van der Waals surface area contributed by atoms with Crippen molar-refractivity contribution in [3.8, 4) is 11.1 Å². The molecule has 0 unspecified atom stereocenters. The third-order valence-electron chi connectivity index (χ3n) is 4.92. The number of hydrogen-bond donors (Lipinski definition) is 3. The predicted molar refractivity (Wildman–Crippen MR) is 112 cm³/mol. The quantitative estimate of drug-likeness (QED) is 0.432. The maximum atomic E-state index is 12.8. The number of H-pyrrole nitrogens is 2. The van der Waals surface area contributed by atoms with Gasteiger partial charge in [0.25, 0.3) is 5.91 Å². The topological polar surface area (TPSA) is 104 Å². The largest absolute Gasteiger partial charge is 0.361 e. The maximum Gasteiger partial charge on any atom is 0.277 e. The number of carbonyl (C=O) groups excluding carboxylic acids is 1. The molecule has 0 aliphatic heterocycles. The Labute approximate surface area is 165 Å². The standard InChI is InChI=1S/C21H19N7O/c1-12(2)28-24-11-20(27-28)21(29)25-18-8-13(9-19-16(18)10-23-26-19)14-4-3-5-17-15(14)6-7-22-17/h3-12,22H,1-2H3,(H,23,26)(H,25,29). The van der Waals surface area contributed by atoms with E-state index in [1.54, 1.807) is 6.20 Å². The van der Waals surface area contributed by atoms with E-state index in [4.69, 9.17) is 0 Å². The highest BCUT2D eigenvalue weighted by atomic mass is 16.2. The molecule has 3 N–H and O–H groups in total. The second kappa shape index (κ2) is 6.59. The first kappa shape index (κ1) is 17.2. The lowest BCUT2D eigenvalue weighted by molar-refractivity contribution is 0.102. The summed E-state index contributed by atoms with van der Waals surface area (Å²) in [4.78, 5) is 17.5. The van der Waals surface area contributed by atoms with Crippen LogP contribution < -0.4 is 5.32 Å². The Balaban J connectivity index is 1.57.